The second-order valence-electron chi connectivity index (χ2n) is 2.72. The minimum Gasteiger partial charge on any atom is -0.479 e. The van der Waals surface area contributed by atoms with Crippen molar-refractivity contribution in [2.75, 3.05) is 0 Å². The van der Waals surface area contributed by atoms with Crippen molar-refractivity contribution in [2.24, 2.45) is 0 Å². The standard InChI is InChI=1S/C8H9FO3/c1-5-3-4-6(12-5)8(2,9)7(10)11/h3-4H,1-2H3,(H,10,11). The summed E-state index contributed by atoms with van der Waals surface area (Å²) in [7, 11) is 0. The first-order valence-electron chi connectivity index (χ1n) is 3.44. The summed E-state index contributed by atoms with van der Waals surface area (Å²) in [5.41, 5.74) is -2.44. The Labute approximate surface area is 68.8 Å². The fourth-order valence-corrected chi connectivity index (χ4v) is 0.792. The van der Waals surface area contributed by atoms with E-state index in [1.54, 1.807) is 6.92 Å². The summed E-state index contributed by atoms with van der Waals surface area (Å²) in [6.45, 7) is 2.58. The van der Waals surface area contributed by atoms with E-state index < -0.39 is 11.6 Å². The minimum absolute atomic E-state index is 0.174. The second-order valence-corrected chi connectivity index (χ2v) is 2.72. The van der Waals surface area contributed by atoms with Gasteiger partial charge in [-0.2, -0.15) is 0 Å². The van der Waals surface area contributed by atoms with Crippen LogP contribution in [-0.2, 0) is 10.5 Å². The molecule has 1 rings (SSSR count). The zero-order valence-corrected chi connectivity index (χ0v) is 6.80. The first-order valence-corrected chi connectivity index (χ1v) is 3.44. The van der Waals surface area contributed by atoms with Crippen molar-refractivity contribution < 1.29 is 18.7 Å². The molecular weight excluding hydrogens is 163 g/mol. The van der Waals surface area contributed by atoms with Gasteiger partial charge < -0.3 is 9.52 Å². The van der Waals surface area contributed by atoms with Gasteiger partial charge in [0.25, 0.3) is 5.67 Å². The predicted octanol–water partition coefficient (Wildman–Crippen LogP) is 1.86. The van der Waals surface area contributed by atoms with Crippen molar-refractivity contribution >= 4 is 5.97 Å². The molecule has 1 heterocycles. The molecule has 0 radical (unpaired) electrons. The summed E-state index contributed by atoms with van der Waals surface area (Å²) in [4.78, 5) is 10.4. The van der Waals surface area contributed by atoms with Crippen LogP contribution in [-0.4, -0.2) is 11.1 Å². The molecule has 0 fully saturated rings. The van der Waals surface area contributed by atoms with E-state index in [4.69, 9.17) is 9.52 Å². The Morgan fingerprint density at radius 3 is 2.58 bits per heavy atom. The molecule has 0 aliphatic carbocycles. The Hall–Kier alpha value is -1.32. The van der Waals surface area contributed by atoms with Crippen LogP contribution < -0.4 is 0 Å². The van der Waals surface area contributed by atoms with Gasteiger partial charge in [-0.1, -0.05) is 0 Å². The number of aryl methyl sites for hydroxylation is 1. The molecular formula is C8H9FO3. The number of halogens is 1. The first kappa shape index (κ1) is 8.77. The highest BCUT2D eigenvalue weighted by atomic mass is 19.1. The maximum atomic E-state index is 13.3. The SMILES string of the molecule is Cc1ccc(C(C)(F)C(=O)O)o1. The molecule has 0 saturated heterocycles. The van der Waals surface area contributed by atoms with Crippen molar-refractivity contribution in [3.05, 3.63) is 23.7 Å². The van der Waals surface area contributed by atoms with Gasteiger partial charge in [0.15, 0.2) is 5.76 Å². The van der Waals surface area contributed by atoms with Crippen molar-refractivity contribution in [1.29, 1.82) is 0 Å². The lowest BCUT2D eigenvalue weighted by atomic mass is 10.1. The zero-order valence-electron chi connectivity index (χ0n) is 6.80. The highest BCUT2D eigenvalue weighted by molar-refractivity contribution is 5.77. The van der Waals surface area contributed by atoms with Gasteiger partial charge in [-0.05, 0) is 26.0 Å². The summed E-state index contributed by atoms with van der Waals surface area (Å²) in [5, 5.41) is 8.47. The van der Waals surface area contributed by atoms with E-state index in [2.05, 4.69) is 0 Å². The fourth-order valence-electron chi connectivity index (χ4n) is 0.792. The van der Waals surface area contributed by atoms with Crippen molar-refractivity contribution in [3.63, 3.8) is 0 Å². The van der Waals surface area contributed by atoms with Gasteiger partial charge in [-0.25, -0.2) is 9.18 Å². The van der Waals surface area contributed by atoms with E-state index in [1.165, 1.54) is 12.1 Å². The largest absolute Gasteiger partial charge is 0.479 e. The van der Waals surface area contributed by atoms with Crippen LogP contribution in [0.2, 0.25) is 0 Å². The molecule has 0 bridgehead atoms. The molecule has 1 atom stereocenters. The summed E-state index contributed by atoms with van der Waals surface area (Å²) >= 11 is 0. The van der Waals surface area contributed by atoms with Crippen LogP contribution in [0.5, 0.6) is 0 Å². The smallest absolute Gasteiger partial charge is 0.349 e. The zero-order chi connectivity index (χ0) is 9.35. The third-order valence-corrected chi connectivity index (χ3v) is 1.60. The minimum atomic E-state index is -2.44. The molecule has 1 aromatic heterocycles. The number of carboxylic acids is 1. The predicted molar refractivity (Wildman–Crippen MR) is 39.5 cm³/mol. The number of carbonyl (C=O) groups is 1. The van der Waals surface area contributed by atoms with E-state index in [9.17, 15) is 9.18 Å². The monoisotopic (exact) mass is 172 g/mol. The molecule has 0 aliphatic heterocycles. The molecule has 1 aromatic rings. The van der Waals surface area contributed by atoms with Crippen LogP contribution in [0.4, 0.5) is 4.39 Å². The highest BCUT2D eigenvalue weighted by Gasteiger charge is 2.38. The van der Waals surface area contributed by atoms with Gasteiger partial charge in [-0.15, -0.1) is 0 Å². The molecule has 0 spiro atoms. The number of carboxylic acid groups (broad SMARTS) is 1. The van der Waals surface area contributed by atoms with Crippen LogP contribution in [0.3, 0.4) is 0 Å². The van der Waals surface area contributed by atoms with E-state index in [0.717, 1.165) is 6.92 Å². The van der Waals surface area contributed by atoms with Gasteiger partial charge in [0, 0.05) is 0 Å². The molecule has 12 heavy (non-hydrogen) atoms. The van der Waals surface area contributed by atoms with Crippen LogP contribution in [0.25, 0.3) is 0 Å². The third kappa shape index (κ3) is 1.32. The van der Waals surface area contributed by atoms with Crippen molar-refractivity contribution in [1.82, 2.24) is 0 Å². The summed E-state index contributed by atoms with van der Waals surface area (Å²) in [5.74, 6) is -1.22. The van der Waals surface area contributed by atoms with Crippen LogP contribution in [0.1, 0.15) is 18.4 Å². The van der Waals surface area contributed by atoms with E-state index in [-0.39, 0.29) is 5.76 Å². The van der Waals surface area contributed by atoms with Crippen LogP contribution in [0, 0.1) is 6.92 Å². The molecule has 66 valence electrons. The number of hydrogen-bond acceptors (Lipinski definition) is 2. The lowest BCUT2D eigenvalue weighted by Crippen LogP contribution is -2.26. The van der Waals surface area contributed by atoms with Crippen molar-refractivity contribution in [3.8, 4) is 0 Å². The summed E-state index contributed by atoms with van der Waals surface area (Å²) < 4.78 is 18.1. The highest BCUT2D eigenvalue weighted by Crippen LogP contribution is 2.27. The molecule has 3 nitrogen and oxygen atoms in total. The molecule has 1 unspecified atom stereocenters. The average Bonchev–Trinajstić information content (AvgIpc) is 2.35. The topological polar surface area (TPSA) is 50.4 Å². The maximum Gasteiger partial charge on any atom is 0.349 e. The lowest BCUT2D eigenvalue weighted by Gasteiger charge is -2.10. The van der Waals surface area contributed by atoms with Gasteiger partial charge in [0.1, 0.15) is 5.76 Å². The van der Waals surface area contributed by atoms with Crippen LogP contribution in [0.15, 0.2) is 16.5 Å². The Balaban J connectivity index is 3.05. The van der Waals surface area contributed by atoms with Gasteiger partial charge in [0.05, 0.1) is 0 Å². The lowest BCUT2D eigenvalue weighted by molar-refractivity contribution is -0.151. The van der Waals surface area contributed by atoms with E-state index in [0.29, 0.717) is 5.76 Å². The number of furan rings is 1. The maximum absolute atomic E-state index is 13.3. The van der Waals surface area contributed by atoms with Gasteiger partial charge in [0.2, 0.25) is 0 Å². The number of hydrogen-bond donors (Lipinski definition) is 1. The van der Waals surface area contributed by atoms with E-state index >= 15 is 0 Å². The number of rotatable bonds is 2. The third-order valence-electron chi connectivity index (χ3n) is 1.60. The van der Waals surface area contributed by atoms with Crippen LogP contribution >= 0.6 is 0 Å². The number of alkyl halides is 1. The molecule has 4 heteroatoms. The molecule has 1 N–H and O–H groups in total. The normalized spacial score (nSPS) is 15.6. The van der Waals surface area contributed by atoms with E-state index in [1.807, 2.05) is 0 Å². The Kier molecular flexibility index (Phi) is 1.92. The molecule has 0 saturated carbocycles. The quantitative estimate of drug-likeness (QED) is 0.740. The Bertz CT molecular complexity index is 301. The molecule has 0 aromatic carbocycles. The average molecular weight is 172 g/mol. The Morgan fingerprint density at radius 1 is 1.67 bits per heavy atom. The Morgan fingerprint density at radius 2 is 2.25 bits per heavy atom. The summed E-state index contributed by atoms with van der Waals surface area (Å²) in [6.07, 6.45) is 0. The number of aliphatic carboxylic acids is 1. The van der Waals surface area contributed by atoms with Gasteiger partial charge in [-0.3, -0.25) is 0 Å². The molecule has 0 amide bonds. The van der Waals surface area contributed by atoms with Gasteiger partial charge >= 0.3 is 5.97 Å². The summed E-state index contributed by atoms with van der Waals surface area (Å²) in [6, 6.07) is 2.85. The second kappa shape index (κ2) is 2.62. The molecule has 0 aliphatic rings. The first-order chi connectivity index (χ1) is 5.44. The van der Waals surface area contributed by atoms with Crippen molar-refractivity contribution in [2.45, 2.75) is 19.5 Å². The fraction of sp³-hybridized carbons (Fsp3) is 0.375.